The zero-order valence-electron chi connectivity index (χ0n) is 16.3. The highest BCUT2D eigenvalue weighted by molar-refractivity contribution is 7.13. The van der Waals surface area contributed by atoms with Gasteiger partial charge in [0.15, 0.2) is 0 Å². The summed E-state index contributed by atoms with van der Waals surface area (Å²) in [4.78, 5) is 29.8. The largest absolute Gasteiger partial charge is 0.483 e. The number of aromatic nitrogens is 6. The first-order chi connectivity index (χ1) is 15.6. The minimum atomic E-state index is -0.358. The second-order valence-corrected chi connectivity index (χ2v) is 7.41. The fourth-order valence-electron chi connectivity index (χ4n) is 2.95. The third kappa shape index (κ3) is 4.44. The summed E-state index contributed by atoms with van der Waals surface area (Å²) in [5, 5.41) is 23.3. The Morgan fingerprint density at radius 2 is 2.22 bits per heavy atom. The van der Waals surface area contributed by atoms with Crippen molar-refractivity contribution in [3.63, 3.8) is 0 Å². The zero-order chi connectivity index (χ0) is 22.5. The lowest BCUT2D eigenvalue weighted by Gasteiger charge is -2.20. The molecule has 0 saturated heterocycles. The molecule has 5 rings (SSSR count). The molecule has 0 fully saturated rings. The number of halogens is 1. The number of carbonyl (C=O) groups excluding carboxylic acids is 1. The smallest absolute Gasteiger partial charge is 0.290 e. The molecular formula is C20H16FN7O3S. The van der Waals surface area contributed by atoms with Crippen LogP contribution in [0.4, 0.5) is 10.1 Å². The van der Waals surface area contributed by atoms with Crippen molar-refractivity contribution >= 4 is 29.4 Å². The van der Waals surface area contributed by atoms with Crippen LogP contribution in [0.15, 0.2) is 60.3 Å². The van der Waals surface area contributed by atoms with E-state index in [4.69, 9.17) is 9.90 Å². The molecule has 4 heterocycles. The minimum absolute atomic E-state index is 0.162. The van der Waals surface area contributed by atoms with Crippen molar-refractivity contribution in [2.24, 2.45) is 0 Å². The molecule has 162 valence electrons. The normalized spacial score (nSPS) is 14.5. The molecule has 0 aliphatic heterocycles. The molecule has 1 atom stereocenters. The maximum absolute atomic E-state index is 13.2. The van der Waals surface area contributed by atoms with Crippen LogP contribution in [0.25, 0.3) is 22.0 Å². The lowest BCUT2D eigenvalue weighted by atomic mass is 10.0. The Labute approximate surface area is 184 Å². The van der Waals surface area contributed by atoms with Crippen LogP contribution < -0.4 is 5.32 Å². The summed E-state index contributed by atoms with van der Waals surface area (Å²) in [5.74, 6) is -0.521. The third-order valence-electron chi connectivity index (χ3n) is 4.49. The summed E-state index contributed by atoms with van der Waals surface area (Å²) >= 11 is 1.36. The van der Waals surface area contributed by atoms with E-state index in [-0.39, 0.29) is 30.7 Å². The molecule has 0 spiro atoms. The van der Waals surface area contributed by atoms with Crippen LogP contribution in [0.2, 0.25) is 0 Å². The predicted octanol–water partition coefficient (Wildman–Crippen LogP) is 3.54. The first-order valence-electron chi connectivity index (χ1n) is 9.29. The molecule has 0 radical (unpaired) electrons. The topological polar surface area (TPSA) is 139 Å². The van der Waals surface area contributed by atoms with Gasteiger partial charge in [0.25, 0.3) is 12.4 Å². The molecule has 12 heteroatoms. The quantitative estimate of drug-likeness (QED) is 0.393. The van der Waals surface area contributed by atoms with Crippen LogP contribution in [-0.2, 0) is 4.79 Å². The Balaban J connectivity index is 0.000000775. The summed E-state index contributed by atoms with van der Waals surface area (Å²) in [6.07, 6.45) is 8.50. The van der Waals surface area contributed by atoms with Gasteiger partial charge in [-0.2, -0.15) is 10.2 Å². The molecule has 1 aliphatic rings. The standard InChI is InChI=1S/C19H14FN7OS.CH2O2/c20-12-5-13(6-12)27-9-15(17(26-27)14-3-1-2-4-21-14)24-18(28)16-10-29-19(25-16)11-7-22-23-8-11;2-1-3/h1-5,7-10,13H,6H2,(H,22,23)(H,24,28);1H,(H,2,3). The fraction of sp³-hybridized carbons (Fsp3) is 0.100. The molecule has 10 nitrogen and oxygen atoms in total. The van der Waals surface area contributed by atoms with Gasteiger partial charge in [-0.3, -0.25) is 24.4 Å². The van der Waals surface area contributed by atoms with E-state index in [0.717, 1.165) is 5.56 Å². The number of thiazole rings is 1. The van der Waals surface area contributed by atoms with Crippen molar-refractivity contribution in [3.8, 4) is 22.0 Å². The van der Waals surface area contributed by atoms with Crippen molar-refractivity contribution in [1.29, 1.82) is 0 Å². The number of hydrogen-bond acceptors (Lipinski definition) is 7. The Morgan fingerprint density at radius 3 is 2.88 bits per heavy atom. The molecule has 4 aromatic rings. The van der Waals surface area contributed by atoms with Crippen molar-refractivity contribution in [1.82, 2.24) is 29.9 Å². The summed E-state index contributed by atoms with van der Waals surface area (Å²) in [7, 11) is 0. The fourth-order valence-corrected chi connectivity index (χ4v) is 3.74. The maximum Gasteiger partial charge on any atom is 0.290 e. The van der Waals surface area contributed by atoms with E-state index in [2.05, 4.69) is 30.6 Å². The van der Waals surface area contributed by atoms with Crippen LogP contribution >= 0.6 is 11.3 Å². The van der Waals surface area contributed by atoms with Crippen molar-refractivity contribution in [2.75, 3.05) is 5.32 Å². The molecule has 1 amide bonds. The lowest BCUT2D eigenvalue weighted by molar-refractivity contribution is -0.122. The number of allylic oxidation sites excluding steroid dienone is 2. The number of aromatic amines is 1. The number of nitrogens with zero attached hydrogens (tertiary/aromatic N) is 5. The van der Waals surface area contributed by atoms with Gasteiger partial charge in [0.2, 0.25) is 0 Å². The van der Waals surface area contributed by atoms with Crippen molar-refractivity contribution in [3.05, 3.63) is 66.0 Å². The number of carboxylic acid groups (broad SMARTS) is 1. The van der Waals surface area contributed by atoms with E-state index < -0.39 is 0 Å². The Hall–Kier alpha value is -4.19. The summed E-state index contributed by atoms with van der Waals surface area (Å²) in [6, 6.07) is 5.28. The number of rotatable bonds is 5. The highest BCUT2D eigenvalue weighted by Gasteiger charge is 2.25. The molecule has 32 heavy (non-hydrogen) atoms. The SMILES string of the molecule is O=C(Nc1cn(C2C=C(F)C2)nc1-c1ccccn1)c1csc(-c2cn[nH]c2)n1.O=CO. The van der Waals surface area contributed by atoms with Gasteiger partial charge in [-0.05, 0) is 18.2 Å². The predicted molar refractivity (Wildman–Crippen MR) is 115 cm³/mol. The second kappa shape index (κ2) is 9.31. The zero-order valence-corrected chi connectivity index (χ0v) is 17.2. The Kier molecular flexibility index (Phi) is 6.12. The average molecular weight is 453 g/mol. The van der Waals surface area contributed by atoms with Crippen LogP contribution in [0, 0.1) is 0 Å². The molecule has 4 aromatic heterocycles. The first kappa shape index (κ1) is 21.1. The van der Waals surface area contributed by atoms with E-state index in [1.54, 1.807) is 47.0 Å². The van der Waals surface area contributed by atoms with Gasteiger partial charge in [-0.15, -0.1) is 11.3 Å². The maximum atomic E-state index is 13.2. The number of nitrogens with one attached hydrogen (secondary N) is 2. The van der Waals surface area contributed by atoms with Gasteiger partial charge >= 0.3 is 0 Å². The van der Waals surface area contributed by atoms with Crippen molar-refractivity contribution < 1.29 is 19.1 Å². The molecule has 3 N–H and O–H groups in total. The average Bonchev–Trinajstić information content (AvgIpc) is 3.52. The molecule has 0 saturated carbocycles. The third-order valence-corrected chi connectivity index (χ3v) is 5.38. The number of carbonyl (C=O) groups is 2. The van der Waals surface area contributed by atoms with Gasteiger partial charge < -0.3 is 10.4 Å². The van der Waals surface area contributed by atoms with E-state index in [0.29, 0.717) is 27.8 Å². The van der Waals surface area contributed by atoms with E-state index in [1.807, 2.05) is 6.07 Å². The second-order valence-electron chi connectivity index (χ2n) is 6.56. The number of hydrogen-bond donors (Lipinski definition) is 3. The molecule has 1 aliphatic carbocycles. The van der Waals surface area contributed by atoms with E-state index >= 15 is 0 Å². The van der Waals surface area contributed by atoms with Crippen LogP contribution in [0.1, 0.15) is 23.0 Å². The Bertz CT molecular complexity index is 1250. The molecule has 0 bridgehead atoms. The summed E-state index contributed by atoms with van der Waals surface area (Å²) < 4.78 is 14.8. The van der Waals surface area contributed by atoms with Crippen LogP contribution in [0.5, 0.6) is 0 Å². The van der Waals surface area contributed by atoms with Crippen LogP contribution in [0.3, 0.4) is 0 Å². The van der Waals surface area contributed by atoms with Gasteiger partial charge in [0.1, 0.15) is 22.2 Å². The van der Waals surface area contributed by atoms with Gasteiger partial charge in [-0.25, -0.2) is 9.37 Å². The summed E-state index contributed by atoms with van der Waals surface area (Å²) in [5.41, 5.74) is 2.73. The first-order valence-corrected chi connectivity index (χ1v) is 10.2. The van der Waals surface area contributed by atoms with E-state index in [9.17, 15) is 9.18 Å². The van der Waals surface area contributed by atoms with Gasteiger partial charge in [-0.1, -0.05) is 6.07 Å². The number of amides is 1. The molecule has 0 aromatic carbocycles. The highest BCUT2D eigenvalue weighted by atomic mass is 32.1. The summed E-state index contributed by atoms with van der Waals surface area (Å²) in [6.45, 7) is -0.250. The number of anilines is 1. The minimum Gasteiger partial charge on any atom is -0.483 e. The monoisotopic (exact) mass is 453 g/mol. The highest BCUT2D eigenvalue weighted by Crippen LogP contribution is 2.34. The van der Waals surface area contributed by atoms with Gasteiger partial charge in [0, 0.05) is 36.0 Å². The number of H-pyrrole nitrogens is 1. The number of pyridine rings is 1. The molecule has 1 unspecified atom stereocenters. The Morgan fingerprint density at radius 1 is 1.41 bits per heavy atom. The lowest BCUT2D eigenvalue weighted by Crippen LogP contribution is -2.15. The van der Waals surface area contributed by atoms with Crippen LogP contribution in [-0.4, -0.2) is 47.4 Å². The van der Waals surface area contributed by atoms with Crippen molar-refractivity contribution in [2.45, 2.75) is 12.5 Å². The molecular weight excluding hydrogens is 437 g/mol. The van der Waals surface area contributed by atoms with Gasteiger partial charge in [0.05, 0.1) is 23.6 Å². The van der Waals surface area contributed by atoms with E-state index in [1.165, 1.54) is 17.4 Å².